The highest BCUT2D eigenvalue weighted by molar-refractivity contribution is 7.94. The van der Waals surface area contributed by atoms with Crippen LogP contribution in [0.2, 0.25) is 0 Å². The summed E-state index contributed by atoms with van der Waals surface area (Å²) in [7, 11) is -4.07. The number of amides is 1. The standard InChI is InChI=1S/C9H17NO5S/c1-5-10-7(11)6(2)16(14,15)9(3,4)8(12)13/h6H,5H2,1-4H3,(H,10,11)(H,12,13). The van der Waals surface area contributed by atoms with Crippen LogP contribution in [0.25, 0.3) is 0 Å². The first-order chi connectivity index (χ1) is 7.09. The third-order valence-electron chi connectivity index (χ3n) is 2.41. The molecule has 7 heteroatoms. The summed E-state index contributed by atoms with van der Waals surface area (Å²) in [6.07, 6.45) is 0. The Balaban J connectivity index is 5.23. The second-order valence-electron chi connectivity index (χ2n) is 3.90. The van der Waals surface area contributed by atoms with Gasteiger partial charge in [-0.1, -0.05) is 0 Å². The average Bonchev–Trinajstić information content (AvgIpc) is 2.16. The second-order valence-corrected chi connectivity index (χ2v) is 6.72. The fraction of sp³-hybridized carbons (Fsp3) is 0.778. The van der Waals surface area contributed by atoms with Crippen molar-refractivity contribution < 1.29 is 23.1 Å². The van der Waals surface area contributed by atoms with E-state index < -0.39 is 31.7 Å². The van der Waals surface area contributed by atoms with E-state index in [0.717, 1.165) is 13.8 Å². The van der Waals surface area contributed by atoms with Crippen LogP contribution in [-0.2, 0) is 19.4 Å². The largest absolute Gasteiger partial charge is 0.480 e. The van der Waals surface area contributed by atoms with Gasteiger partial charge < -0.3 is 10.4 Å². The zero-order valence-corrected chi connectivity index (χ0v) is 10.6. The lowest BCUT2D eigenvalue weighted by Crippen LogP contribution is -2.50. The van der Waals surface area contributed by atoms with E-state index in [0.29, 0.717) is 6.54 Å². The molecule has 0 spiro atoms. The Kier molecular flexibility index (Phi) is 4.48. The molecule has 0 aromatic carbocycles. The number of nitrogens with one attached hydrogen (secondary N) is 1. The van der Waals surface area contributed by atoms with Gasteiger partial charge in [0.2, 0.25) is 5.91 Å². The number of carbonyl (C=O) groups excluding carboxylic acids is 1. The van der Waals surface area contributed by atoms with E-state index >= 15 is 0 Å². The molecule has 1 amide bonds. The van der Waals surface area contributed by atoms with Gasteiger partial charge >= 0.3 is 5.97 Å². The number of sulfone groups is 1. The molecule has 0 aliphatic carbocycles. The van der Waals surface area contributed by atoms with Crippen LogP contribution < -0.4 is 5.32 Å². The van der Waals surface area contributed by atoms with E-state index in [1.807, 2.05) is 0 Å². The number of carboxylic acid groups (broad SMARTS) is 1. The second kappa shape index (κ2) is 4.82. The minimum Gasteiger partial charge on any atom is -0.480 e. The monoisotopic (exact) mass is 251 g/mol. The predicted octanol–water partition coefficient (Wildman–Crippen LogP) is -0.211. The molecule has 0 radical (unpaired) electrons. The maximum absolute atomic E-state index is 11.9. The van der Waals surface area contributed by atoms with Crippen molar-refractivity contribution in [1.82, 2.24) is 5.32 Å². The summed E-state index contributed by atoms with van der Waals surface area (Å²) in [5.74, 6) is -2.15. The maximum atomic E-state index is 11.9. The predicted molar refractivity (Wildman–Crippen MR) is 58.8 cm³/mol. The first kappa shape index (κ1) is 14.9. The van der Waals surface area contributed by atoms with Crippen molar-refractivity contribution in [3.63, 3.8) is 0 Å². The normalized spacial score (nSPS) is 14.2. The lowest BCUT2D eigenvalue weighted by atomic mass is 10.2. The molecular formula is C9H17NO5S. The van der Waals surface area contributed by atoms with Crippen molar-refractivity contribution in [2.45, 2.75) is 37.7 Å². The number of carboxylic acids is 1. The van der Waals surface area contributed by atoms with Crippen molar-refractivity contribution in [3.8, 4) is 0 Å². The molecule has 0 saturated heterocycles. The van der Waals surface area contributed by atoms with Crippen molar-refractivity contribution in [2.24, 2.45) is 0 Å². The van der Waals surface area contributed by atoms with E-state index in [1.54, 1.807) is 6.92 Å². The van der Waals surface area contributed by atoms with Gasteiger partial charge in [0.1, 0.15) is 5.25 Å². The summed E-state index contributed by atoms with van der Waals surface area (Å²) in [6, 6.07) is 0. The third-order valence-corrected chi connectivity index (χ3v) is 5.15. The molecule has 0 aliphatic rings. The Morgan fingerprint density at radius 3 is 2.12 bits per heavy atom. The van der Waals surface area contributed by atoms with Gasteiger partial charge in [0, 0.05) is 6.54 Å². The summed E-state index contributed by atoms with van der Waals surface area (Å²) in [5, 5.41) is 9.80. The van der Waals surface area contributed by atoms with Crippen molar-refractivity contribution in [2.75, 3.05) is 6.54 Å². The van der Waals surface area contributed by atoms with Crippen LogP contribution in [0.3, 0.4) is 0 Å². The van der Waals surface area contributed by atoms with Gasteiger partial charge in [-0.25, -0.2) is 8.42 Å². The highest BCUT2D eigenvalue weighted by atomic mass is 32.2. The molecule has 1 atom stereocenters. The first-order valence-corrected chi connectivity index (χ1v) is 6.38. The van der Waals surface area contributed by atoms with Crippen molar-refractivity contribution in [3.05, 3.63) is 0 Å². The van der Waals surface area contributed by atoms with Crippen LogP contribution in [0.15, 0.2) is 0 Å². The van der Waals surface area contributed by atoms with E-state index in [9.17, 15) is 18.0 Å². The summed E-state index contributed by atoms with van der Waals surface area (Å²) < 4.78 is 21.8. The van der Waals surface area contributed by atoms with Gasteiger partial charge in [0.25, 0.3) is 0 Å². The van der Waals surface area contributed by atoms with E-state index in [1.165, 1.54) is 6.92 Å². The van der Waals surface area contributed by atoms with Gasteiger partial charge in [-0.2, -0.15) is 0 Å². The molecule has 16 heavy (non-hydrogen) atoms. The number of carbonyl (C=O) groups is 2. The van der Waals surface area contributed by atoms with Gasteiger partial charge in [-0.15, -0.1) is 0 Å². The molecule has 0 saturated carbocycles. The quantitative estimate of drug-likeness (QED) is 0.704. The Hall–Kier alpha value is -1.11. The van der Waals surface area contributed by atoms with Crippen LogP contribution in [0, 0.1) is 0 Å². The van der Waals surface area contributed by atoms with E-state index in [2.05, 4.69) is 5.32 Å². The summed E-state index contributed by atoms with van der Waals surface area (Å²) in [6.45, 7) is 5.28. The number of aliphatic carboxylic acids is 1. The lowest BCUT2D eigenvalue weighted by molar-refractivity contribution is -0.139. The van der Waals surface area contributed by atoms with E-state index in [-0.39, 0.29) is 0 Å². The Morgan fingerprint density at radius 1 is 1.38 bits per heavy atom. The summed E-state index contributed by atoms with van der Waals surface area (Å²) in [4.78, 5) is 22.2. The van der Waals surface area contributed by atoms with Gasteiger partial charge in [0.05, 0.1) is 0 Å². The van der Waals surface area contributed by atoms with Crippen LogP contribution in [-0.4, -0.2) is 41.9 Å². The maximum Gasteiger partial charge on any atom is 0.324 e. The average molecular weight is 251 g/mol. The molecule has 0 heterocycles. The summed E-state index contributed by atoms with van der Waals surface area (Å²) in [5.41, 5.74) is 0. The zero-order chi connectivity index (χ0) is 13.1. The van der Waals surface area contributed by atoms with Gasteiger partial charge in [-0.3, -0.25) is 9.59 Å². The topological polar surface area (TPSA) is 101 Å². The molecule has 94 valence electrons. The van der Waals surface area contributed by atoms with Crippen molar-refractivity contribution >= 4 is 21.7 Å². The fourth-order valence-electron chi connectivity index (χ4n) is 1.02. The van der Waals surface area contributed by atoms with Crippen LogP contribution in [0.4, 0.5) is 0 Å². The molecule has 0 aliphatic heterocycles. The van der Waals surface area contributed by atoms with Crippen molar-refractivity contribution in [1.29, 1.82) is 0 Å². The summed E-state index contributed by atoms with van der Waals surface area (Å²) >= 11 is 0. The van der Waals surface area contributed by atoms with Gasteiger partial charge in [-0.05, 0) is 27.7 Å². The molecular weight excluding hydrogens is 234 g/mol. The Bertz CT molecular complexity index is 385. The Morgan fingerprint density at radius 2 is 1.81 bits per heavy atom. The van der Waals surface area contributed by atoms with Crippen LogP contribution >= 0.6 is 0 Å². The number of rotatable bonds is 5. The van der Waals surface area contributed by atoms with E-state index in [4.69, 9.17) is 5.11 Å². The van der Waals surface area contributed by atoms with Gasteiger partial charge in [0.15, 0.2) is 14.6 Å². The molecule has 2 N–H and O–H groups in total. The molecule has 0 rings (SSSR count). The number of hydrogen-bond acceptors (Lipinski definition) is 4. The minimum atomic E-state index is -4.07. The molecule has 0 bridgehead atoms. The molecule has 6 nitrogen and oxygen atoms in total. The molecule has 0 aromatic heterocycles. The minimum absolute atomic E-state index is 0.298. The van der Waals surface area contributed by atoms with Crippen LogP contribution in [0.1, 0.15) is 27.7 Å². The lowest BCUT2D eigenvalue weighted by Gasteiger charge is -2.23. The first-order valence-electron chi connectivity index (χ1n) is 4.83. The molecule has 0 aromatic rings. The smallest absolute Gasteiger partial charge is 0.324 e. The SMILES string of the molecule is CCNC(=O)C(C)S(=O)(=O)C(C)(C)C(=O)O. The Labute approximate surface area is 95.0 Å². The van der Waals surface area contributed by atoms with Crippen LogP contribution in [0.5, 0.6) is 0 Å². The molecule has 1 unspecified atom stereocenters. The number of hydrogen-bond donors (Lipinski definition) is 2. The fourth-order valence-corrected chi connectivity index (χ4v) is 2.51. The third kappa shape index (κ3) is 2.52. The highest BCUT2D eigenvalue weighted by Crippen LogP contribution is 2.22. The highest BCUT2D eigenvalue weighted by Gasteiger charge is 2.47. The zero-order valence-electron chi connectivity index (χ0n) is 9.77. The molecule has 0 fully saturated rings.